The number of sulfonamides is 1. The van der Waals surface area contributed by atoms with E-state index >= 15 is 0 Å². The van der Waals surface area contributed by atoms with Gasteiger partial charge in [0.05, 0.1) is 10.6 Å². The van der Waals surface area contributed by atoms with Crippen molar-refractivity contribution in [2.45, 2.75) is 49.3 Å². The van der Waals surface area contributed by atoms with Gasteiger partial charge in [0, 0.05) is 38.2 Å². The summed E-state index contributed by atoms with van der Waals surface area (Å²) in [7, 11) is 0.262. The standard InChI is InChI=1S/C24H32N6O3S/c1-28-13-6-14-30(16-15-28)34(32,33)19-11-9-18(10-12-19)22-25-23-20(24(31)26-22)21(27-29(23)2)17-7-4-3-5-8-17/h9-12,17H,3-8,13-16H2,1-2H3,(H,25,26,31). The van der Waals surface area contributed by atoms with Crippen LogP contribution >= 0.6 is 0 Å². The number of likely N-dealkylation sites (N-methyl/N-ethyl adjacent to an activating group) is 1. The zero-order valence-corrected chi connectivity index (χ0v) is 20.6. The maximum absolute atomic E-state index is 13.1. The first-order chi connectivity index (χ1) is 16.3. The fraction of sp³-hybridized carbons (Fsp3) is 0.542. The van der Waals surface area contributed by atoms with E-state index in [1.54, 1.807) is 33.3 Å². The molecule has 34 heavy (non-hydrogen) atoms. The molecular weight excluding hydrogens is 452 g/mol. The number of aryl methyl sites for hydroxylation is 1. The van der Waals surface area contributed by atoms with Gasteiger partial charge >= 0.3 is 0 Å². The van der Waals surface area contributed by atoms with Crippen molar-refractivity contribution in [1.29, 1.82) is 0 Å². The molecule has 1 aliphatic carbocycles. The second-order valence-electron chi connectivity index (χ2n) is 9.54. The second-order valence-corrected chi connectivity index (χ2v) is 11.5. The van der Waals surface area contributed by atoms with Gasteiger partial charge in [-0.1, -0.05) is 19.3 Å². The summed E-state index contributed by atoms with van der Waals surface area (Å²) in [6, 6.07) is 6.61. The number of hydrogen-bond donors (Lipinski definition) is 1. The summed E-state index contributed by atoms with van der Waals surface area (Å²) in [5.41, 5.74) is 1.87. The molecule has 2 aromatic heterocycles. The summed E-state index contributed by atoms with van der Waals surface area (Å²) < 4.78 is 29.5. The highest BCUT2D eigenvalue weighted by molar-refractivity contribution is 7.89. The Morgan fingerprint density at radius 1 is 0.941 bits per heavy atom. The number of aromatic amines is 1. The summed E-state index contributed by atoms with van der Waals surface area (Å²) in [5, 5.41) is 5.24. The molecule has 1 saturated heterocycles. The monoisotopic (exact) mass is 484 g/mol. The van der Waals surface area contributed by atoms with Crippen LogP contribution in [0.1, 0.15) is 50.1 Å². The van der Waals surface area contributed by atoms with Crippen LogP contribution < -0.4 is 5.56 Å². The summed E-state index contributed by atoms with van der Waals surface area (Å²) in [6.07, 6.45) is 6.48. The Hall–Kier alpha value is -2.56. The lowest BCUT2D eigenvalue weighted by Crippen LogP contribution is -2.34. The summed E-state index contributed by atoms with van der Waals surface area (Å²) in [6.45, 7) is 2.61. The van der Waals surface area contributed by atoms with Crippen molar-refractivity contribution in [1.82, 2.24) is 29.0 Å². The topological polar surface area (TPSA) is 104 Å². The minimum absolute atomic E-state index is 0.195. The van der Waals surface area contributed by atoms with Gasteiger partial charge in [0.1, 0.15) is 11.2 Å². The van der Waals surface area contributed by atoms with Gasteiger partial charge in [-0.2, -0.15) is 9.40 Å². The second kappa shape index (κ2) is 9.24. The first-order valence-electron chi connectivity index (χ1n) is 12.1. The Kier molecular flexibility index (Phi) is 6.30. The van der Waals surface area contributed by atoms with Gasteiger partial charge in [-0.05, 0) is 57.1 Å². The molecule has 0 unspecified atom stereocenters. The largest absolute Gasteiger partial charge is 0.306 e. The highest BCUT2D eigenvalue weighted by atomic mass is 32.2. The van der Waals surface area contributed by atoms with Crippen LogP contribution in [-0.2, 0) is 17.1 Å². The SMILES string of the molecule is CN1CCCN(S(=O)(=O)c2ccc(-c3nc4c(c(C5CCCCC5)nn4C)c(=O)[nH]3)cc2)CC1. The fourth-order valence-corrected chi connectivity index (χ4v) is 6.65. The maximum Gasteiger partial charge on any atom is 0.262 e. The maximum atomic E-state index is 13.1. The van der Waals surface area contributed by atoms with Crippen molar-refractivity contribution < 1.29 is 8.42 Å². The van der Waals surface area contributed by atoms with E-state index in [0.717, 1.165) is 50.9 Å². The smallest absolute Gasteiger partial charge is 0.262 e. The molecule has 0 bridgehead atoms. The third-order valence-corrected chi connectivity index (χ3v) is 9.07. The van der Waals surface area contributed by atoms with Crippen molar-refractivity contribution in [2.75, 3.05) is 33.2 Å². The van der Waals surface area contributed by atoms with Gasteiger partial charge in [0.15, 0.2) is 5.65 Å². The molecule has 0 spiro atoms. The summed E-state index contributed by atoms with van der Waals surface area (Å²) in [4.78, 5) is 23.1. The molecule has 5 rings (SSSR count). The molecule has 1 aromatic carbocycles. The third kappa shape index (κ3) is 4.30. The molecule has 1 aliphatic heterocycles. The number of nitrogens with zero attached hydrogens (tertiary/aromatic N) is 5. The summed E-state index contributed by atoms with van der Waals surface area (Å²) in [5.74, 6) is 0.713. The molecule has 10 heteroatoms. The number of benzene rings is 1. The Morgan fingerprint density at radius 2 is 1.68 bits per heavy atom. The number of fused-ring (bicyclic) bond motifs is 1. The van der Waals surface area contributed by atoms with Crippen LogP contribution in [0.5, 0.6) is 0 Å². The molecule has 1 N–H and O–H groups in total. The molecule has 3 heterocycles. The summed E-state index contributed by atoms with van der Waals surface area (Å²) >= 11 is 0. The molecule has 182 valence electrons. The number of H-pyrrole nitrogens is 1. The van der Waals surface area contributed by atoms with E-state index in [1.165, 1.54) is 6.42 Å². The normalized spacial score (nSPS) is 19.5. The van der Waals surface area contributed by atoms with Crippen molar-refractivity contribution in [3.63, 3.8) is 0 Å². The first kappa shape index (κ1) is 23.2. The van der Waals surface area contributed by atoms with Gasteiger partial charge < -0.3 is 9.88 Å². The van der Waals surface area contributed by atoms with E-state index < -0.39 is 10.0 Å². The average Bonchev–Trinajstić information content (AvgIpc) is 3.02. The van der Waals surface area contributed by atoms with Crippen molar-refractivity contribution in [2.24, 2.45) is 7.05 Å². The predicted octanol–water partition coefficient (Wildman–Crippen LogP) is 2.70. The van der Waals surface area contributed by atoms with Gasteiger partial charge in [-0.3, -0.25) is 4.79 Å². The van der Waals surface area contributed by atoms with Gasteiger partial charge in [0.2, 0.25) is 10.0 Å². The molecule has 9 nitrogen and oxygen atoms in total. The minimum Gasteiger partial charge on any atom is -0.306 e. The van der Waals surface area contributed by atoms with Crippen molar-refractivity contribution >= 4 is 21.1 Å². The minimum atomic E-state index is -3.57. The average molecular weight is 485 g/mol. The van der Waals surface area contributed by atoms with E-state index in [-0.39, 0.29) is 10.5 Å². The molecular formula is C24H32N6O3S. The lowest BCUT2D eigenvalue weighted by molar-refractivity contribution is 0.347. The molecule has 3 aromatic rings. The number of rotatable bonds is 4. The first-order valence-corrected chi connectivity index (χ1v) is 13.5. The Morgan fingerprint density at radius 3 is 2.41 bits per heavy atom. The molecule has 0 radical (unpaired) electrons. The van der Waals surface area contributed by atoms with Crippen LogP contribution in [0, 0.1) is 0 Å². The van der Waals surface area contributed by atoms with E-state index in [0.29, 0.717) is 41.4 Å². The van der Waals surface area contributed by atoms with Crippen LogP contribution in [0.15, 0.2) is 34.0 Å². The number of aromatic nitrogens is 4. The lowest BCUT2D eigenvalue weighted by atomic mass is 9.86. The fourth-order valence-electron chi connectivity index (χ4n) is 5.18. The van der Waals surface area contributed by atoms with E-state index in [4.69, 9.17) is 4.98 Å². The Balaban J connectivity index is 1.45. The lowest BCUT2D eigenvalue weighted by Gasteiger charge is -2.20. The van der Waals surface area contributed by atoms with E-state index in [9.17, 15) is 13.2 Å². The number of hydrogen-bond acceptors (Lipinski definition) is 6. The van der Waals surface area contributed by atoms with Crippen LogP contribution in [0.3, 0.4) is 0 Å². The molecule has 0 atom stereocenters. The van der Waals surface area contributed by atoms with E-state index in [2.05, 4.69) is 15.0 Å². The Labute approximate surface area is 199 Å². The van der Waals surface area contributed by atoms with Crippen LogP contribution in [-0.4, -0.2) is 70.6 Å². The van der Waals surface area contributed by atoms with Gasteiger partial charge in [0.25, 0.3) is 5.56 Å². The third-order valence-electron chi connectivity index (χ3n) is 7.16. The van der Waals surface area contributed by atoms with Crippen molar-refractivity contribution in [3.05, 3.63) is 40.3 Å². The van der Waals surface area contributed by atoms with E-state index in [1.807, 2.05) is 14.1 Å². The van der Waals surface area contributed by atoms with Crippen LogP contribution in [0.4, 0.5) is 0 Å². The molecule has 2 aliphatic rings. The number of nitrogens with one attached hydrogen (secondary N) is 1. The van der Waals surface area contributed by atoms with Gasteiger partial charge in [-0.25, -0.2) is 18.1 Å². The van der Waals surface area contributed by atoms with Crippen LogP contribution in [0.2, 0.25) is 0 Å². The Bertz CT molecular complexity index is 1340. The highest BCUT2D eigenvalue weighted by Crippen LogP contribution is 2.34. The predicted molar refractivity (Wildman–Crippen MR) is 131 cm³/mol. The molecule has 0 amide bonds. The zero-order valence-electron chi connectivity index (χ0n) is 19.8. The quantitative estimate of drug-likeness (QED) is 0.611. The van der Waals surface area contributed by atoms with Gasteiger partial charge in [-0.15, -0.1) is 0 Å². The highest BCUT2D eigenvalue weighted by Gasteiger charge is 2.27. The molecule has 1 saturated carbocycles. The van der Waals surface area contributed by atoms with Crippen molar-refractivity contribution in [3.8, 4) is 11.4 Å². The molecule has 2 fully saturated rings. The van der Waals surface area contributed by atoms with Crippen LogP contribution in [0.25, 0.3) is 22.4 Å². The zero-order chi connectivity index (χ0) is 23.9.